The molecule has 0 aliphatic heterocycles. The number of ether oxygens (including phenoxy) is 1. The molecule has 0 atom stereocenters. The van der Waals surface area contributed by atoms with Crippen LogP contribution in [0.15, 0.2) is 18.2 Å². The number of nitrogens with zero attached hydrogens (tertiary/aromatic N) is 2. The van der Waals surface area contributed by atoms with Gasteiger partial charge < -0.3 is 15.8 Å². The molecule has 0 heterocycles. The quantitative estimate of drug-likeness (QED) is 0.706. The van der Waals surface area contributed by atoms with E-state index < -0.39 is 0 Å². The summed E-state index contributed by atoms with van der Waals surface area (Å²) < 4.78 is 5.01. The minimum Gasteiger partial charge on any atom is -0.398 e. The zero-order valence-electron chi connectivity index (χ0n) is 12.6. The van der Waals surface area contributed by atoms with Gasteiger partial charge in [0.25, 0.3) is 0 Å². The molecular weight excluding hydrogens is 268 g/mol. The van der Waals surface area contributed by atoms with E-state index in [2.05, 4.69) is 11.4 Å². The molecular formula is C15H22N4O2. The number of methoxy groups -OCH3 is 1. The van der Waals surface area contributed by atoms with Crippen molar-refractivity contribution < 1.29 is 9.53 Å². The molecule has 1 aromatic carbocycles. The van der Waals surface area contributed by atoms with E-state index in [1.807, 2.05) is 17.9 Å². The Labute approximate surface area is 125 Å². The molecule has 0 saturated heterocycles. The van der Waals surface area contributed by atoms with Gasteiger partial charge in [-0.3, -0.25) is 9.69 Å². The molecule has 0 aliphatic rings. The standard InChI is InChI=1S/C15H22N4O2/c1-12-13(17)5-3-6-14(12)18-15(20)11-19(8-4-7-16)9-10-21-2/h3,5-6H,4,8-11,17H2,1-2H3,(H,18,20). The predicted molar refractivity (Wildman–Crippen MR) is 82.8 cm³/mol. The lowest BCUT2D eigenvalue weighted by Crippen LogP contribution is -2.36. The molecule has 0 radical (unpaired) electrons. The average molecular weight is 290 g/mol. The van der Waals surface area contributed by atoms with Crippen LogP contribution in [0, 0.1) is 18.3 Å². The second kappa shape index (κ2) is 8.95. The fourth-order valence-corrected chi connectivity index (χ4v) is 1.88. The van der Waals surface area contributed by atoms with E-state index in [9.17, 15) is 4.79 Å². The van der Waals surface area contributed by atoms with Gasteiger partial charge in [-0.15, -0.1) is 0 Å². The highest BCUT2D eigenvalue weighted by molar-refractivity contribution is 5.93. The lowest BCUT2D eigenvalue weighted by molar-refractivity contribution is -0.117. The van der Waals surface area contributed by atoms with Gasteiger partial charge in [-0.2, -0.15) is 5.26 Å². The lowest BCUT2D eigenvalue weighted by atomic mass is 10.1. The number of rotatable bonds is 8. The van der Waals surface area contributed by atoms with Crippen molar-refractivity contribution in [2.45, 2.75) is 13.3 Å². The topological polar surface area (TPSA) is 91.4 Å². The van der Waals surface area contributed by atoms with Crippen molar-refractivity contribution in [3.05, 3.63) is 23.8 Å². The number of hydrogen-bond donors (Lipinski definition) is 2. The summed E-state index contributed by atoms with van der Waals surface area (Å²) in [7, 11) is 1.61. The van der Waals surface area contributed by atoms with Crippen LogP contribution in [0.1, 0.15) is 12.0 Å². The monoisotopic (exact) mass is 290 g/mol. The first-order valence-electron chi connectivity index (χ1n) is 6.81. The second-order valence-corrected chi connectivity index (χ2v) is 4.75. The molecule has 0 saturated carbocycles. The summed E-state index contributed by atoms with van der Waals surface area (Å²) in [5, 5.41) is 11.5. The van der Waals surface area contributed by atoms with Gasteiger partial charge in [0.15, 0.2) is 0 Å². The van der Waals surface area contributed by atoms with Gasteiger partial charge in [0.1, 0.15) is 0 Å². The lowest BCUT2D eigenvalue weighted by Gasteiger charge is -2.20. The molecule has 21 heavy (non-hydrogen) atoms. The van der Waals surface area contributed by atoms with Crippen molar-refractivity contribution in [2.24, 2.45) is 0 Å². The third-order valence-electron chi connectivity index (χ3n) is 3.17. The Bertz CT molecular complexity index is 511. The molecule has 0 aliphatic carbocycles. The minimum atomic E-state index is -0.127. The number of carbonyl (C=O) groups excluding carboxylic acids is 1. The van der Waals surface area contributed by atoms with Crippen LogP contribution < -0.4 is 11.1 Å². The highest BCUT2D eigenvalue weighted by Gasteiger charge is 2.12. The SMILES string of the molecule is COCCN(CCC#N)CC(=O)Nc1cccc(N)c1C. The third kappa shape index (κ3) is 5.81. The Hall–Kier alpha value is -2.10. The first kappa shape index (κ1) is 17.0. The second-order valence-electron chi connectivity index (χ2n) is 4.75. The summed E-state index contributed by atoms with van der Waals surface area (Å²) in [5.41, 5.74) is 8.03. The molecule has 0 unspecified atom stereocenters. The Morgan fingerprint density at radius 1 is 1.48 bits per heavy atom. The van der Waals surface area contributed by atoms with E-state index in [0.717, 1.165) is 5.56 Å². The summed E-state index contributed by atoms with van der Waals surface area (Å²) in [6.07, 6.45) is 0.383. The van der Waals surface area contributed by atoms with E-state index >= 15 is 0 Å². The molecule has 0 bridgehead atoms. The number of benzene rings is 1. The number of amides is 1. The molecule has 3 N–H and O–H groups in total. The summed E-state index contributed by atoms with van der Waals surface area (Å²) in [5.74, 6) is -0.127. The predicted octanol–water partition coefficient (Wildman–Crippen LogP) is 1.38. The minimum absolute atomic E-state index is 0.127. The van der Waals surface area contributed by atoms with Gasteiger partial charge in [-0.1, -0.05) is 6.07 Å². The molecule has 0 aromatic heterocycles. The molecule has 0 spiro atoms. The first-order chi connectivity index (χ1) is 10.1. The summed E-state index contributed by atoms with van der Waals surface area (Å²) in [6, 6.07) is 7.50. The maximum atomic E-state index is 12.1. The van der Waals surface area contributed by atoms with Crippen LogP contribution in [0.25, 0.3) is 0 Å². The van der Waals surface area contributed by atoms with Gasteiger partial charge in [0.2, 0.25) is 5.91 Å². The molecule has 6 heteroatoms. The smallest absolute Gasteiger partial charge is 0.238 e. The fraction of sp³-hybridized carbons (Fsp3) is 0.467. The number of nitrogens with one attached hydrogen (secondary N) is 1. The molecule has 1 rings (SSSR count). The fourth-order valence-electron chi connectivity index (χ4n) is 1.88. The van der Waals surface area contributed by atoms with Crippen molar-refractivity contribution in [1.29, 1.82) is 5.26 Å². The van der Waals surface area contributed by atoms with Crippen molar-refractivity contribution in [1.82, 2.24) is 4.90 Å². The van der Waals surface area contributed by atoms with Gasteiger partial charge in [-0.25, -0.2) is 0 Å². The Morgan fingerprint density at radius 2 is 2.24 bits per heavy atom. The van der Waals surface area contributed by atoms with Crippen molar-refractivity contribution >= 4 is 17.3 Å². The van der Waals surface area contributed by atoms with Crippen LogP contribution in [0.4, 0.5) is 11.4 Å². The van der Waals surface area contributed by atoms with Gasteiger partial charge in [-0.05, 0) is 24.6 Å². The van der Waals surface area contributed by atoms with Crippen LogP contribution in [-0.4, -0.2) is 44.2 Å². The average Bonchev–Trinajstić information content (AvgIpc) is 2.46. The number of carbonyl (C=O) groups is 1. The number of hydrogen-bond acceptors (Lipinski definition) is 5. The number of nitriles is 1. The summed E-state index contributed by atoms with van der Waals surface area (Å²) in [6.45, 7) is 3.77. The largest absolute Gasteiger partial charge is 0.398 e. The van der Waals surface area contributed by atoms with E-state index in [4.69, 9.17) is 15.7 Å². The van der Waals surface area contributed by atoms with Crippen LogP contribution in [-0.2, 0) is 9.53 Å². The zero-order chi connectivity index (χ0) is 15.7. The van der Waals surface area contributed by atoms with Crippen molar-refractivity contribution in [3.8, 4) is 6.07 Å². The van der Waals surface area contributed by atoms with Crippen LogP contribution >= 0.6 is 0 Å². The highest BCUT2D eigenvalue weighted by Crippen LogP contribution is 2.20. The third-order valence-corrected chi connectivity index (χ3v) is 3.17. The van der Waals surface area contributed by atoms with Gasteiger partial charge >= 0.3 is 0 Å². The van der Waals surface area contributed by atoms with Crippen LogP contribution in [0.3, 0.4) is 0 Å². The van der Waals surface area contributed by atoms with E-state index in [0.29, 0.717) is 37.5 Å². The van der Waals surface area contributed by atoms with E-state index in [1.165, 1.54) is 0 Å². The summed E-state index contributed by atoms with van der Waals surface area (Å²) in [4.78, 5) is 14.0. The molecule has 1 amide bonds. The van der Waals surface area contributed by atoms with Crippen molar-refractivity contribution in [3.63, 3.8) is 0 Å². The highest BCUT2D eigenvalue weighted by atomic mass is 16.5. The van der Waals surface area contributed by atoms with Crippen LogP contribution in [0.2, 0.25) is 0 Å². The van der Waals surface area contributed by atoms with E-state index in [-0.39, 0.29) is 12.5 Å². The molecule has 6 nitrogen and oxygen atoms in total. The normalized spacial score (nSPS) is 10.4. The van der Waals surface area contributed by atoms with E-state index in [1.54, 1.807) is 19.2 Å². The Morgan fingerprint density at radius 3 is 2.90 bits per heavy atom. The maximum absolute atomic E-state index is 12.1. The van der Waals surface area contributed by atoms with Gasteiger partial charge in [0, 0.05) is 38.0 Å². The zero-order valence-corrected chi connectivity index (χ0v) is 12.6. The number of nitrogens with two attached hydrogens (primary N) is 1. The first-order valence-corrected chi connectivity index (χ1v) is 6.81. The van der Waals surface area contributed by atoms with Gasteiger partial charge in [0.05, 0.1) is 19.2 Å². The molecule has 114 valence electrons. The Kier molecular flexibility index (Phi) is 7.23. The molecule has 1 aromatic rings. The van der Waals surface area contributed by atoms with Crippen molar-refractivity contribution in [2.75, 3.05) is 44.4 Å². The van der Waals surface area contributed by atoms with Crippen LogP contribution in [0.5, 0.6) is 0 Å². The molecule has 0 fully saturated rings. The number of nitrogen functional groups attached to an aromatic ring is 1. The Balaban J connectivity index is 2.60. The maximum Gasteiger partial charge on any atom is 0.238 e. The number of anilines is 2. The summed E-state index contributed by atoms with van der Waals surface area (Å²) >= 11 is 0.